The van der Waals surface area contributed by atoms with E-state index in [1.807, 2.05) is 51.1 Å². The maximum atomic E-state index is 12.3. The minimum absolute atomic E-state index is 0.258. The maximum absolute atomic E-state index is 12.3. The highest BCUT2D eigenvalue weighted by Crippen LogP contribution is 2.22. The second-order valence-corrected chi connectivity index (χ2v) is 5.77. The molecule has 1 unspecified atom stereocenters. The lowest BCUT2D eigenvalue weighted by Gasteiger charge is -2.33. The van der Waals surface area contributed by atoms with Gasteiger partial charge in [0.1, 0.15) is 6.04 Å². The summed E-state index contributed by atoms with van der Waals surface area (Å²) in [4.78, 5) is 25.2. The first-order chi connectivity index (χ1) is 9.77. The quantitative estimate of drug-likeness (QED) is 0.807. The summed E-state index contributed by atoms with van der Waals surface area (Å²) in [5, 5.41) is 11.4. The Bertz CT molecular complexity index is 486. The van der Waals surface area contributed by atoms with Crippen molar-refractivity contribution in [3.05, 3.63) is 30.3 Å². The van der Waals surface area contributed by atoms with Gasteiger partial charge in [-0.2, -0.15) is 0 Å². The number of hydrogen-bond donors (Lipinski definition) is 2. The second kappa shape index (κ2) is 7.11. The summed E-state index contributed by atoms with van der Waals surface area (Å²) in [6, 6.07) is 8.97. The molecule has 0 aliphatic rings. The van der Waals surface area contributed by atoms with Gasteiger partial charge in [0, 0.05) is 18.8 Å². The fourth-order valence-corrected chi connectivity index (χ4v) is 2.03. The SMILES string of the molecule is CCN(CC(C)(C)C(=O)NC(C)C(=O)O)c1ccccc1. The van der Waals surface area contributed by atoms with Crippen LogP contribution in [0.2, 0.25) is 0 Å². The van der Waals surface area contributed by atoms with E-state index in [1.54, 1.807) is 0 Å². The summed E-state index contributed by atoms with van der Waals surface area (Å²) in [6.45, 7) is 8.43. The predicted octanol–water partition coefficient (Wildman–Crippen LogP) is 2.13. The van der Waals surface area contributed by atoms with E-state index in [0.29, 0.717) is 6.54 Å². The largest absolute Gasteiger partial charge is 0.480 e. The number of nitrogens with zero attached hydrogens (tertiary/aromatic N) is 1. The minimum Gasteiger partial charge on any atom is -0.480 e. The molecule has 5 heteroatoms. The highest BCUT2D eigenvalue weighted by Gasteiger charge is 2.31. The summed E-state index contributed by atoms with van der Waals surface area (Å²) < 4.78 is 0. The van der Waals surface area contributed by atoms with E-state index >= 15 is 0 Å². The van der Waals surface area contributed by atoms with Gasteiger partial charge < -0.3 is 15.3 Å². The number of carboxylic acids is 1. The van der Waals surface area contributed by atoms with E-state index in [1.165, 1.54) is 6.92 Å². The van der Waals surface area contributed by atoms with Crippen molar-refractivity contribution in [2.45, 2.75) is 33.7 Å². The number of rotatable bonds is 7. The molecule has 0 fully saturated rings. The Balaban J connectivity index is 2.77. The normalized spacial score (nSPS) is 12.6. The molecule has 0 aromatic heterocycles. The average molecular weight is 292 g/mol. The molecule has 116 valence electrons. The van der Waals surface area contributed by atoms with Crippen molar-refractivity contribution in [2.24, 2.45) is 5.41 Å². The summed E-state index contributed by atoms with van der Waals surface area (Å²) in [5.74, 6) is -1.29. The Morgan fingerprint density at radius 2 is 1.86 bits per heavy atom. The zero-order valence-electron chi connectivity index (χ0n) is 13.1. The maximum Gasteiger partial charge on any atom is 0.325 e. The van der Waals surface area contributed by atoms with E-state index < -0.39 is 17.4 Å². The molecule has 0 aliphatic heterocycles. The topological polar surface area (TPSA) is 69.6 Å². The van der Waals surface area contributed by atoms with Gasteiger partial charge in [0.15, 0.2) is 0 Å². The Labute approximate surface area is 126 Å². The van der Waals surface area contributed by atoms with Crippen LogP contribution in [0, 0.1) is 5.41 Å². The molecule has 0 saturated carbocycles. The smallest absolute Gasteiger partial charge is 0.325 e. The van der Waals surface area contributed by atoms with Gasteiger partial charge in [-0.3, -0.25) is 9.59 Å². The van der Waals surface area contributed by atoms with Crippen LogP contribution in [0.3, 0.4) is 0 Å². The van der Waals surface area contributed by atoms with Gasteiger partial charge in [-0.1, -0.05) is 18.2 Å². The van der Waals surface area contributed by atoms with Crippen molar-refractivity contribution in [1.82, 2.24) is 5.32 Å². The molecule has 2 N–H and O–H groups in total. The molecule has 1 amide bonds. The molecule has 0 saturated heterocycles. The summed E-state index contributed by atoms with van der Waals surface area (Å²) in [7, 11) is 0. The zero-order valence-corrected chi connectivity index (χ0v) is 13.1. The first-order valence-corrected chi connectivity index (χ1v) is 7.11. The number of para-hydroxylation sites is 1. The van der Waals surface area contributed by atoms with Gasteiger partial charge in [0.2, 0.25) is 5.91 Å². The van der Waals surface area contributed by atoms with Crippen molar-refractivity contribution in [3.8, 4) is 0 Å². The Kier molecular flexibility index (Phi) is 5.76. The molecular formula is C16H24N2O3. The number of carboxylic acid groups (broad SMARTS) is 1. The van der Waals surface area contributed by atoms with Gasteiger partial charge in [0.05, 0.1) is 5.41 Å². The van der Waals surface area contributed by atoms with E-state index in [0.717, 1.165) is 12.2 Å². The van der Waals surface area contributed by atoms with Crippen molar-refractivity contribution in [2.75, 3.05) is 18.0 Å². The standard InChI is InChI=1S/C16H24N2O3/c1-5-18(13-9-7-6-8-10-13)11-16(3,4)15(21)17-12(2)14(19)20/h6-10,12H,5,11H2,1-4H3,(H,17,21)(H,19,20). The highest BCUT2D eigenvalue weighted by molar-refractivity contribution is 5.87. The van der Waals surface area contributed by atoms with E-state index in [2.05, 4.69) is 10.2 Å². The third kappa shape index (κ3) is 4.77. The zero-order chi connectivity index (χ0) is 16.0. The molecule has 1 atom stereocenters. The Hall–Kier alpha value is -2.04. The number of nitrogens with one attached hydrogen (secondary N) is 1. The molecule has 0 bridgehead atoms. The third-order valence-corrected chi connectivity index (χ3v) is 3.42. The molecule has 1 rings (SSSR count). The van der Waals surface area contributed by atoms with Crippen molar-refractivity contribution in [1.29, 1.82) is 0 Å². The molecule has 0 heterocycles. The van der Waals surface area contributed by atoms with Gasteiger partial charge in [0.25, 0.3) is 0 Å². The van der Waals surface area contributed by atoms with Gasteiger partial charge in [-0.15, -0.1) is 0 Å². The van der Waals surface area contributed by atoms with Crippen LogP contribution in [-0.4, -0.2) is 36.1 Å². The van der Waals surface area contributed by atoms with Crippen LogP contribution in [0.5, 0.6) is 0 Å². The lowest BCUT2D eigenvalue weighted by Crippen LogP contribution is -2.49. The van der Waals surface area contributed by atoms with E-state index in [-0.39, 0.29) is 5.91 Å². The number of carbonyl (C=O) groups is 2. The monoisotopic (exact) mass is 292 g/mol. The number of carbonyl (C=O) groups excluding carboxylic acids is 1. The molecule has 1 aromatic carbocycles. The molecule has 1 aromatic rings. The third-order valence-electron chi connectivity index (χ3n) is 3.42. The van der Waals surface area contributed by atoms with E-state index in [9.17, 15) is 9.59 Å². The van der Waals surface area contributed by atoms with Crippen LogP contribution < -0.4 is 10.2 Å². The first kappa shape index (κ1) is 17.0. The van der Waals surface area contributed by atoms with Gasteiger partial charge >= 0.3 is 5.97 Å². The van der Waals surface area contributed by atoms with Crippen LogP contribution in [0.4, 0.5) is 5.69 Å². The molecule has 21 heavy (non-hydrogen) atoms. The number of benzene rings is 1. The van der Waals surface area contributed by atoms with Gasteiger partial charge in [-0.25, -0.2) is 0 Å². The Morgan fingerprint density at radius 1 is 1.29 bits per heavy atom. The molecule has 0 radical (unpaired) electrons. The number of hydrogen-bond acceptors (Lipinski definition) is 3. The summed E-state index contributed by atoms with van der Waals surface area (Å²) >= 11 is 0. The molecule has 5 nitrogen and oxygen atoms in total. The number of anilines is 1. The van der Waals surface area contributed by atoms with Crippen molar-refractivity contribution in [3.63, 3.8) is 0 Å². The van der Waals surface area contributed by atoms with Crippen LogP contribution >= 0.6 is 0 Å². The van der Waals surface area contributed by atoms with Crippen LogP contribution in [-0.2, 0) is 9.59 Å². The van der Waals surface area contributed by atoms with E-state index in [4.69, 9.17) is 5.11 Å². The van der Waals surface area contributed by atoms with Crippen LogP contribution in [0.1, 0.15) is 27.7 Å². The highest BCUT2D eigenvalue weighted by atomic mass is 16.4. The summed E-state index contributed by atoms with van der Waals surface area (Å²) in [5.41, 5.74) is 0.363. The average Bonchev–Trinajstić information content (AvgIpc) is 2.45. The predicted molar refractivity (Wildman–Crippen MR) is 83.4 cm³/mol. The number of aliphatic carboxylic acids is 1. The fraction of sp³-hybridized carbons (Fsp3) is 0.500. The van der Waals surface area contributed by atoms with Crippen LogP contribution in [0.25, 0.3) is 0 Å². The van der Waals surface area contributed by atoms with Crippen molar-refractivity contribution < 1.29 is 14.7 Å². The molecule has 0 aliphatic carbocycles. The lowest BCUT2D eigenvalue weighted by molar-refractivity contribution is -0.142. The first-order valence-electron chi connectivity index (χ1n) is 7.11. The minimum atomic E-state index is -1.03. The fourth-order valence-electron chi connectivity index (χ4n) is 2.03. The lowest BCUT2D eigenvalue weighted by atomic mass is 9.90. The molecular weight excluding hydrogens is 268 g/mol. The second-order valence-electron chi connectivity index (χ2n) is 5.77. The molecule has 0 spiro atoms. The van der Waals surface area contributed by atoms with Crippen molar-refractivity contribution >= 4 is 17.6 Å². The van der Waals surface area contributed by atoms with Gasteiger partial charge in [-0.05, 0) is 39.8 Å². The summed E-state index contributed by atoms with van der Waals surface area (Å²) in [6.07, 6.45) is 0. The number of amides is 1. The van der Waals surface area contributed by atoms with Crippen LogP contribution in [0.15, 0.2) is 30.3 Å². The Morgan fingerprint density at radius 3 is 2.33 bits per heavy atom.